The number of nitrogens with zero attached hydrogens (tertiary/aromatic N) is 1. The van der Waals surface area contributed by atoms with E-state index in [2.05, 4.69) is 0 Å². The van der Waals surface area contributed by atoms with Gasteiger partial charge in [0.1, 0.15) is 11.7 Å². The second-order valence-electron chi connectivity index (χ2n) is 9.70. The number of likely N-dealkylation sites (tertiary alicyclic amines) is 1. The number of carbonyl (C=O) groups excluding carboxylic acids is 1. The van der Waals surface area contributed by atoms with Crippen LogP contribution in [0.5, 0.6) is 11.5 Å². The van der Waals surface area contributed by atoms with E-state index in [9.17, 15) is 25.2 Å². The van der Waals surface area contributed by atoms with Gasteiger partial charge in [-0.05, 0) is 30.9 Å². The Bertz CT molecular complexity index is 914. The van der Waals surface area contributed by atoms with Crippen LogP contribution in [0.3, 0.4) is 0 Å². The lowest BCUT2D eigenvalue weighted by Crippen LogP contribution is -2.83. The lowest BCUT2D eigenvalue weighted by atomic mass is 9.47. The smallest absolute Gasteiger partial charge is 0.193 e. The van der Waals surface area contributed by atoms with E-state index < -0.39 is 35.5 Å². The summed E-state index contributed by atoms with van der Waals surface area (Å²) in [5.74, 6) is 0.282. The number of rotatable bonds is 2. The predicted molar refractivity (Wildman–Crippen MR) is 96.5 cm³/mol. The molecule has 1 saturated heterocycles. The van der Waals surface area contributed by atoms with Crippen LogP contribution in [0.1, 0.15) is 49.3 Å². The molecule has 2 bridgehead atoms. The van der Waals surface area contributed by atoms with Gasteiger partial charge in [0.15, 0.2) is 35.7 Å². The Hall–Kier alpha value is -1.67. The molecule has 3 aliphatic carbocycles. The molecule has 0 aromatic heterocycles. The number of aliphatic hydroxyl groups is 3. The summed E-state index contributed by atoms with van der Waals surface area (Å²) in [7, 11) is 1.93. The number of piperidine rings is 1. The number of hydrogen-bond donors (Lipinski definition) is 4. The molecule has 6 rings (SSSR count). The molecule has 7 nitrogen and oxygen atoms in total. The van der Waals surface area contributed by atoms with Crippen molar-refractivity contribution in [2.24, 2.45) is 5.92 Å². The van der Waals surface area contributed by atoms with E-state index in [1.54, 1.807) is 6.07 Å². The van der Waals surface area contributed by atoms with Gasteiger partial charge in [0.2, 0.25) is 0 Å². The average Bonchev–Trinajstić information content (AvgIpc) is 3.43. The largest absolute Gasteiger partial charge is 0.504 e. The number of Topliss-reactive ketones (excluding diaryl/α,β-unsaturated/α-hetero) is 1. The lowest BCUT2D eigenvalue weighted by molar-refractivity contribution is -0.995. The SMILES string of the molecule is C[N@+]1(C(O)C2CC2)CC[C@]23c4c5ccc(O)c4O[C@H]2C(=O)CC[C@@]3(O)[C@H]1C5O. The van der Waals surface area contributed by atoms with Gasteiger partial charge in [-0.2, -0.15) is 0 Å². The third-order valence-electron chi connectivity index (χ3n) is 8.49. The summed E-state index contributed by atoms with van der Waals surface area (Å²) in [4.78, 5) is 12.8. The summed E-state index contributed by atoms with van der Waals surface area (Å²) in [5, 5.41) is 45.2. The van der Waals surface area contributed by atoms with E-state index in [0.717, 1.165) is 12.8 Å². The van der Waals surface area contributed by atoms with Gasteiger partial charge in [-0.25, -0.2) is 0 Å². The van der Waals surface area contributed by atoms with Gasteiger partial charge >= 0.3 is 0 Å². The fraction of sp³-hybridized carbons (Fsp3) is 0.667. The summed E-state index contributed by atoms with van der Waals surface area (Å²) in [6.07, 6.45) is 0.255. The average molecular weight is 388 g/mol. The number of phenolic OH excluding ortho intramolecular Hbond substituents is 1. The zero-order chi connectivity index (χ0) is 19.6. The lowest BCUT2D eigenvalue weighted by Gasteiger charge is -2.66. The fourth-order valence-corrected chi connectivity index (χ4v) is 7.07. The molecule has 1 aromatic rings. The summed E-state index contributed by atoms with van der Waals surface area (Å²) >= 11 is 0. The molecule has 7 heteroatoms. The van der Waals surface area contributed by atoms with Gasteiger partial charge in [0, 0.05) is 24.3 Å². The van der Waals surface area contributed by atoms with Crippen LogP contribution in [0.25, 0.3) is 0 Å². The summed E-state index contributed by atoms with van der Waals surface area (Å²) in [6, 6.07) is 2.51. The van der Waals surface area contributed by atoms with E-state index in [4.69, 9.17) is 4.74 Å². The monoisotopic (exact) mass is 388 g/mol. The van der Waals surface area contributed by atoms with Crippen molar-refractivity contribution in [2.75, 3.05) is 13.6 Å². The molecule has 7 atom stereocenters. The van der Waals surface area contributed by atoms with Crippen molar-refractivity contribution in [1.82, 2.24) is 0 Å². The van der Waals surface area contributed by atoms with Crippen LogP contribution in [0.15, 0.2) is 12.1 Å². The first kappa shape index (κ1) is 17.2. The number of benzene rings is 1. The molecule has 150 valence electrons. The van der Waals surface area contributed by atoms with E-state index >= 15 is 0 Å². The summed E-state index contributed by atoms with van der Waals surface area (Å²) < 4.78 is 6.16. The normalized spacial score (nSPS) is 46.7. The van der Waals surface area contributed by atoms with Crippen LogP contribution >= 0.6 is 0 Å². The van der Waals surface area contributed by atoms with Crippen molar-refractivity contribution in [1.29, 1.82) is 0 Å². The zero-order valence-corrected chi connectivity index (χ0v) is 15.8. The molecule has 2 saturated carbocycles. The standard InChI is InChI=1S/C21H25NO6/c1-22(19(26)10-2-3-10)9-8-20-14-11-4-5-12(23)16(14)28-18(20)13(24)6-7-21(20,27)17(22)15(11)25/h4-5,10,15,17-19,25-27H,2-3,6-9H2,1H3/p+1/t15?,17-,18+,19?,20+,21-,22+/m1/s1. The first-order valence-corrected chi connectivity index (χ1v) is 10.2. The van der Waals surface area contributed by atoms with Gasteiger partial charge in [-0.3, -0.25) is 9.28 Å². The maximum Gasteiger partial charge on any atom is 0.193 e. The Kier molecular flexibility index (Phi) is 3.01. The van der Waals surface area contributed by atoms with Crippen molar-refractivity contribution in [3.63, 3.8) is 0 Å². The van der Waals surface area contributed by atoms with Crippen molar-refractivity contribution in [3.05, 3.63) is 23.3 Å². The fourth-order valence-electron chi connectivity index (χ4n) is 7.07. The Morgan fingerprint density at radius 2 is 2.04 bits per heavy atom. The molecule has 3 fully saturated rings. The Labute approximate surface area is 162 Å². The van der Waals surface area contributed by atoms with Crippen molar-refractivity contribution in [3.8, 4) is 11.5 Å². The van der Waals surface area contributed by atoms with Gasteiger partial charge in [0.25, 0.3) is 0 Å². The van der Waals surface area contributed by atoms with Crippen molar-refractivity contribution < 1.29 is 34.4 Å². The van der Waals surface area contributed by atoms with Crippen LogP contribution in [-0.4, -0.2) is 68.3 Å². The van der Waals surface area contributed by atoms with Crippen molar-refractivity contribution >= 4 is 5.78 Å². The van der Waals surface area contributed by atoms with E-state index in [-0.39, 0.29) is 40.5 Å². The molecule has 1 aromatic carbocycles. The Balaban J connectivity index is 1.64. The Morgan fingerprint density at radius 3 is 2.75 bits per heavy atom. The molecule has 2 unspecified atom stereocenters. The van der Waals surface area contributed by atoms with Crippen LogP contribution in [0, 0.1) is 5.92 Å². The third kappa shape index (κ3) is 1.62. The minimum absolute atomic E-state index is 0.0656. The molecular weight excluding hydrogens is 362 g/mol. The second kappa shape index (κ2) is 4.90. The van der Waals surface area contributed by atoms with Crippen LogP contribution in [0.4, 0.5) is 0 Å². The number of likely N-dealkylation sites (N-methyl/N-ethyl adjacent to an activating group) is 1. The van der Waals surface area contributed by atoms with Gasteiger partial charge in [0.05, 0.1) is 19.0 Å². The van der Waals surface area contributed by atoms with Gasteiger partial charge in [-0.15, -0.1) is 0 Å². The number of hydrogen-bond acceptors (Lipinski definition) is 6. The van der Waals surface area contributed by atoms with Gasteiger partial charge in [-0.1, -0.05) is 6.07 Å². The van der Waals surface area contributed by atoms with E-state index in [1.165, 1.54) is 6.07 Å². The molecule has 1 spiro atoms. The first-order valence-electron chi connectivity index (χ1n) is 10.2. The highest BCUT2D eigenvalue weighted by atomic mass is 16.5. The van der Waals surface area contributed by atoms with Gasteiger partial charge < -0.3 is 25.2 Å². The molecular formula is C21H26NO6+. The minimum atomic E-state index is -1.39. The molecule has 4 N–H and O–H groups in total. The molecule has 28 heavy (non-hydrogen) atoms. The maximum absolute atomic E-state index is 12.8. The number of quaternary nitrogens is 1. The number of ether oxygens (including phenoxy) is 1. The van der Waals surface area contributed by atoms with E-state index in [1.807, 2.05) is 7.05 Å². The van der Waals surface area contributed by atoms with E-state index in [0.29, 0.717) is 24.1 Å². The number of ketones is 1. The molecule has 0 radical (unpaired) electrons. The van der Waals surface area contributed by atoms with Crippen molar-refractivity contribution in [2.45, 2.75) is 67.6 Å². The Morgan fingerprint density at radius 1 is 1.29 bits per heavy atom. The summed E-state index contributed by atoms with van der Waals surface area (Å²) in [6.45, 7) is 0.531. The molecule has 0 amide bonds. The quantitative estimate of drug-likeness (QED) is 0.549. The van der Waals surface area contributed by atoms with Crippen LogP contribution < -0.4 is 4.74 Å². The highest BCUT2D eigenvalue weighted by molar-refractivity contribution is 5.90. The number of aromatic hydroxyl groups is 1. The highest BCUT2D eigenvalue weighted by Crippen LogP contribution is 2.68. The third-order valence-corrected chi connectivity index (χ3v) is 8.49. The topological polar surface area (TPSA) is 107 Å². The summed E-state index contributed by atoms with van der Waals surface area (Å²) in [5.41, 5.74) is -1.16. The molecule has 2 heterocycles. The first-order chi connectivity index (χ1) is 13.3. The zero-order valence-electron chi connectivity index (χ0n) is 15.8. The number of phenols is 1. The molecule has 5 aliphatic rings. The van der Waals surface area contributed by atoms with Crippen LogP contribution in [0.2, 0.25) is 0 Å². The maximum atomic E-state index is 12.8. The number of carbonyl (C=O) groups is 1. The number of aliphatic hydroxyl groups excluding tert-OH is 2. The van der Waals surface area contributed by atoms with Crippen LogP contribution in [-0.2, 0) is 10.2 Å². The molecule has 2 aliphatic heterocycles. The minimum Gasteiger partial charge on any atom is -0.504 e. The highest BCUT2D eigenvalue weighted by Gasteiger charge is 2.79. The second-order valence-corrected chi connectivity index (χ2v) is 9.70. The predicted octanol–water partition coefficient (Wildman–Crippen LogP) is 0.479.